The molecule has 0 radical (unpaired) electrons. The van der Waals surface area contributed by atoms with Crippen molar-refractivity contribution in [2.45, 2.75) is 20.0 Å². The molecule has 1 heterocycles. The van der Waals surface area contributed by atoms with E-state index in [1.807, 2.05) is 25.8 Å². The number of aromatic nitrogens is 2. The Kier molecular flexibility index (Phi) is 4.76. The Hall–Kier alpha value is -1.07. The molecule has 1 rings (SSSR count). The standard InChI is InChI=1S/C10H17ClN4O/c1-7(2)16-5-4-15(3)10-8(12)9(11)13-6-14-10/h6-7H,4-5,12H2,1-3H3. The lowest BCUT2D eigenvalue weighted by Gasteiger charge is -2.20. The Morgan fingerprint density at radius 1 is 1.50 bits per heavy atom. The van der Waals surface area contributed by atoms with Crippen molar-refractivity contribution in [3.05, 3.63) is 11.5 Å². The molecule has 0 saturated carbocycles. The van der Waals surface area contributed by atoms with E-state index in [9.17, 15) is 0 Å². The van der Waals surface area contributed by atoms with Crippen molar-refractivity contribution in [2.24, 2.45) is 0 Å². The van der Waals surface area contributed by atoms with E-state index in [0.29, 0.717) is 24.7 Å². The zero-order chi connectivity index (χ0) is 12.1. The molecular weight excluding hydrogens is 228 g/mol. The monoisotopic (exact) mass is 244 g/mol. The van der Waals surface area contributed by atoms with Gasteiger partial charge in [-0.1, -0.05) is 11.6 Å². The number of nitrogen functional groups attached to an aromatic ring is 1. The average molecular weight is 245 g/mol. The molecule has 2 N–H and O–H groups in total. The first-order chi connectivity index (χ1) is 7.52. The minimum absolute atomic E-state index is 0.222. The molecule has 0 unspecified atom stereocenters. The number of anilines is 2. The minimum Gasteiger partial charge on any atom is -0.393 e. The summed E-state index contributed by atoms with van der Waals surface area (Å²) in [6, 6.07) is 0. The van der Waals surface area contributed by atoms with Gasteiger partial charge in [0, 0.05) is 13.6 Å². The van der Waals surface area contributed by atoms with Gasteiger partial charge in [-0.05, 0) is 13.8 Å². The Balaban J connectivity index is 2.59. The summed E-state index contributed by atoms with van der Waals surface area (Å²) in [7, 11) is 1.89. The fraction of sp³-hybridized carbons (Fsp3) is 0.600. The van der Waals surface area contributed by atoms with Gasteiger partial charge in [0.05, 0.1) is 12.7 Å². The smallest absolute Gasteiger partial charge is 0.157 e. The van der Waals surface area contributed by atoms with Crippen LogP contribution in [-0.2, 0) is 4.74 Å². The molecule has 0 spiro atoms. The third kappa shape index (κ3) is 3.50. The number of hydrogen-bond donors (Lipinski definition) is 1. The molecule has 0 bridgehead atoms. The topological polar surface area (TPSA) is 64.3 Å². The van der Waals surface area contributed by atoms with Crippen molar-refractivity contribution in [3.8, 4) is 0 Å². The fourth-order valence-corrected chi connectivity index (χ4v) is 1.33. The van der Waals surface area contributed by atoms with E-state index < -0.39 is 0 Å². The molecule has 0 aliphatic carbocycles. The van der Waals surface area contributed by atoms with Crippen molar-refractivity contribution >= 4 is 23.1 Å². The van der Waals surface area contributed by atoms with Gasteiger partial charge >= 0.3 is 0 Å². The summed E-state index contributed by atoms with van der Waals surface area (Å²) in [5.74, 6) is 0.632. The van der Waals surface area contributed by atoms with Gasteiger partial charge < -0.3 is 15.4 Å². The van der Waals surface area contributed by atoms with Gasteiger partial charge in [0.25, 0.3) is 0 Å². The second kappa shape index (κ2) is 5.86. The highest BCUT2D eigenvalue weighted by Gasteiger charge is 2.10. The third-order valence-electron chi connectivity index (χ3n) is 2.05. The number of likely N-dealkylation sites (N-methyl/N-ethyl adjacent to an activating group) is 1. The predicted octanol–water partition coefficient (Wildman–Crippen LogP) is 1.57. The van der Waals surface area contributed by atoms with Gasteiger partial charge in [-0.15, -0.1) is 0 Å². The molecule has 5 nitrogen and oxygen atoms in total. The highest BCUT2D eigenvalue weighted by atomic mass is 35.5. The van der Waals surface area contributed by atoms with Crippen LogP contribution in [0.25, 0.3) is 0 Å². The van der Waals surface area contributed by atoms with Gasteiger partial charge in [-0.25, -0.2) is 9.97 Å². The third-order valence-corrected chi connectivity index (χ3v) is 2.35. The highest BCUT2D eigenvalue weighted by Crippen LogP contribution is 2.24. The number of ether oxygens (including phenoxy) is 1. The summed E-state index contributed by atoms with van der Waals surface area (Å²) in [6.07, 6.45) is 1.62. The lowest BCUT2D eigenvalue weighted by atomic mass is 10.4. The highest BCUT2D eigenvalue weighted by molar-refractivity contribution is 6.32. The first-order valence-electron chi connectivity index (χ1n) is 5.11. The van der Waals surface area contributed by atoms with E-state index in [1.54, 1.807) is 0 Å². The van der Waals surface area contributed by atoms with Crippen molar-refractivity contribution in [1.82, 2.24) is 9.97 Å². The largest absolute Gasteiger partial charge is 0.393 e. The number of rotatable bonds is 5. The summed E-state index contributed by atoms with van der Waals surface area (Å²) in [5, 5.41) is 0.279. The SMILES string of the molecule is CC(C)OCCN(C)c1ncnc(Cl)c1N. The zero-order valence-corrected chi connectivity index (χ0v) is 10.5. The van der Waals surface area contributed by atoms with E-state index in [1.165, 1.54) is 6.33 Å². The van der Waals surface area contributed by atoms with Gasteiger partial charge in [0.2, 0.25) is 0 Å². The molecule has 6 heteroatoms. The van der Waals surface area contributed by atoms with E-state index in [0.717, 1.165) is 0 Å². The first-order valence-corrected chi connectivity index (χ1v) is 5.49. The van der Waals surface area contributed by atoms with Gasteiger partial charge in [0.1, 0.15) is 12.0 Å². The number of hydrogen-bond acceptors (Lipinski definition) is 5. The fourth-order valence-electron chi connectivity index (χ4n) is 1.20. The molecule has 90 valence electrons. The van der Waals surface area contributed by atoms with Crippen molar-refractivity contribution in [1.29, 1.82) is 0 Å². The Morgan fingerprint density at radius 3 is 2.81 bits per heavy atom. The predicted molar refractivity (Wildman–Crippen MR) is 65.8 cm³/mol. The number of nitrogens with zero attached hydrogens (tertiary/aromatic N) is 3. The number of halogens is 1. The molecule has 0 amide bonds. The van der Waals surface area contributed by atoms with E-state index in [4.69, 9.17) is 22.1 Å². The van der Waals surface area contributed by atoms with Crippen LogP contribution in [0.3, 0.4) is 0 Å². The van der Waals surface area contributed by atoms with Crippen LogP contribution in [-0.4, -0.2) is 36.3 Å². The van der Waals surface area contributed by atoms with Crippen LogP contribution < -0.4 is 10.6 Å². The average Bonchev–Trinajstić information content (AvgIpc) is 2.21. The molecule has 1 aromatic heterocycles. The van der Waals surface area contributed by atoms with Gasteiger partial charge in [-0.2, -0.15) is 0 Å². The Morgan fingerprint density at radius 2 is 2.19 bits per heavy atom. The van der Waals surface area contributed by atoms with Crippen LogP contribution in [0.2, 0.25) is 5.15 Å². The molecule has 0 aliphatic heterocycles. The maximum absolute atomic E-state index is 5.81. The molecule has 0 atom stereocenters. The molecule has 0 fully saturated rings. The van der Waals surface area contributed by atoms with Crippen LogP contribution in [0.4, 0.5) is 11.5 Å². The normalized spacial score (nSPS) is 10.8. The Labute approximate surface area is 101 Å². The van der Waals surface area contributed by atoms with Crippen molar-refractivity contribution < 1.29 is 4.74 Å². The summed E-state index contributed by atoms with van der Waals surface area (Å²) in [4.78, 5) is 9.78. The molecular formula is C10H17ClN4O. The molecule has 16 heavy (non-hydrogen) atoms. The van der Waals surface area contributed by atoms with Crippen LogP contribution >= 0.6 is 11.6 Å². The summed E-state index contributed by atoms with van der Waals surface area (Å²) in [5.41, 5.74) is 6.17. The van der Waals surface area contributed by atoms with Crippen molar-refractivity contribution in [2.75, 3.05) is 30.8 Å². The van der Waals surface area contributed by atoms with E-state index >= 15 is 0 Å². The zero-order valence-electron chi connectivity index (χ0n) is 9.77. The quantitative estimate of drug-likeness (QED) is 0.797. The number of nitrogens with two attached hydrogens (primary N) is 1. The van der Waals surface area contributed by atoms with Crippen molar-refractivity contribution in [3.63, 3.8) is 0 Å². The van der Waals surface area contributed by atoms with Gasteiger partial charge in [0.15, 0.2) is 11.0 Å². The minimum atomic E-state index is 0.222. The first kappa shape index (κ1) is 13.0. The Bertz CT molecular complexity index is 346. The second-order valence-corrected chi connectivity index (χ2v) is 4.10. The molecule has 1 aromatic rings. The summed E-state index contributed by atoms with van der Waals surface area (Å²) in [6.45, 7) is 5.32. The summed E-state index contributed by atoms with van der Waals surface area (Å²) < 4.78 is 5.45. The summed E-state index contributed by atoms with van der Waals surface area (Å²) >= 11 is 5.81. The second-order valence-electron chi connectivity index (χ2n) is 3.74. The maximum atomic E-state index is 5.81. The van der Waals surface area contributed by atoms with E-state index in [2.05, 4.69) is 9.97 Å². The van der Waals surface area contributed by atoms with Crippen LogP contribution in [0, 0.1) is 0 Å². The lowest BCUT2D eigenvalue weighted by Crippen LogP contribution is -2.25. The molecule has 0 saturated heterocycles. The van der Waals surface area contributed by atoms with Gasteiger partial charge in [-0.3, -0.25) is 0 Å². The lowest BCUT2D eigenvalue weighted by molar-refractivity contribution is 0.0845. The van der Waals surface area contributed by atoms with E-state index in [-0.39, 0.29) is 11.3 Å². The molecule has 0 aliphatic rings. The van der Waals surface area contributed by atoms with Crippen LogP contribution in [0.15, 0.2) is 6.33 Å². The van der Waals surface area contributed by atoms with Crippen LogP contribution in [0.1, 0.15) is 13.8 Å². The maximum Gasteiger partial charge on any atom is 0.157 e. The molecule has 0 aromatic carbocycles. The van der Waals surface area contributed by atoms with Crippen LogP contribution in [0.5, 0.6) is 0 Å².